The van der Waals surface area contributed by atoms with Gasteiger partial charge in [0.15, 0.2) is 5.75 Å². The summed E-state index contributed by atoms with van der Waals surface area (Å²) in [6, 6.07) is 4.62. The van der Waals surface area contributed by atoms with E-state index in [0.29, 0.717) is 18.6 Å². The molecule has 0 saturated carbocycles. The van der Waals surface area contributed by atoms with Crippen molar-refractivity contribution < 1.29 is 27.5 Å². The van der Waals surface area contributed by atoms with Crippen LogP contribution in [0.15, 0.2) is 24.3 Å². The van der Waals surface area contributed by atoms with E-state index in [1.54, 1.807) is 4.90 Å². The van der Waals surface area contributed by atoms with Crippen LogP contribution in [-0.4, -0.2) is 39.7 Å². The molecule has 0 radical (unpaired) electrons. The lowest BCUT2D eigenvalue weighted by Crippen LogP contribution is -2.48. The first-order valence-electron chi connectivity index (χ1n) is 7.31. The van der Waals surface area contributed by atoms with Gasteiger partial charge in [0.25, 0.3) is 0 Å². The number of alkyl halides is 3. The molecule has 2 aliphatic rings. The maximum atomic E-state index is 12.5. The Kier molecular flexibility index (Phi) is 4.15. The van der Waals surface area contributed by atoms with Gasteiger partial charge in [-0.1, -0.05) is 12.1 Å². The Morgan fingerprint density at radius 3 is 2.83 bits per heavy atom. The van der Waals surface area contributed by atoms with Crippen molar-refractivity contribution in [1.29, 1.82) is 0 Å². The molecule has 2 saturated heterocycles. The molecule has 0 spiro atoms. The number of para-hydroxylation sites is 2. The van der Waals surface area contributed by atoms with Crippen LogP contribution in [0.1, 0.15) is 19.8 Å². The van der Waals surface area contributed by atoms with E-state index < -0.39 is 28.9 Å². The summed E-state index contributed by atoms with van der Waals surface area (Å²) in [7, 11) is 0. The predicted octanol–water partition coefficient (Wildman–Crippen LogP) is 2.98. The van der Waals surface area contributed by atoms with Crippen LogP contribution in [0.2, 0.25) is 0 Å². The fourth-order valence-electron chi connectivity index (χ4n) is 3.01. The maximum absolute atomic E-state index is 12.5. The summed E-state index contributed by atoms with van der Waals surface area (Å²) < 4.78 is 41.3. The number of thioether (sulfide) groups is 1. The molecule has 5 nitrogen and oxygen atoms in total. The Hall–Kier alpha value is -1.90. The molecule has 1 aromatic carbocycles. The number of anilines is 1. The molecule has 2 fully saturated rings. The second-order valence-electron chi connectivity index (χ2n) is 5.80. The smallest absolute Gasteiger partial charge is 0.404 e. The van der Waals surface area contributed by atoms with Gasteiger partial charge in [-0.25, -0.2) is 0 Å². The lowest BCUT2D eigenvalue weighted by atomic mass is 10.2. The maximum Gasteiger partial charge on any atom is 0.573 e. The summed E-state index contributed by atoms with van der Waals surface area (Å²) >= 11 is 1.51. The minimum Gasteiger partial charge on any atom is -0.404 e. The minimum atomic E-state index is -4.85. The number of hydrogen-bond acceptors (Lipinski definition) is 4. The Labute approximate surface area is 140 Å². The van der Waals surface area contributed by atoms with Crippen molar-refractivity contribution in [2.24, 2.45) is 0 Å². The van der Waals surface area contributed by atoms with Gasteiger partial charge in [0.2, 0.25) is 11.8 Å². The zero-order valence-corrected chi connectivity index (χ0v) is 13.5. The van der Waals surface area contributed by atoms with Crippen molar-refractivity contribution in [3.05, 3.63) is 24.3 Å². The first-order valence-corrected chi connectivity index (χ1v) is 8.30. The average Bonchev–Trinajstić information content (AvgIpc) is 2.97. The summed E-state index contributed by atoms with van der Waals surface area (Å²) in [5, 5.41) is 2.45. The molecule has 1 N–H and O–H groups in total. The highest BCUT2D eigenvalue weighted by Crippen LogP contribution is 2.47. The second kappa shape index (κ2) is 5.87. The summed E-state index contributed by atoms with van der Waals surface area (Å²) in [6.45, 7) is 1.90. The van der Waals surface area contributed by atoms with E-state index in [4.69, 9.17) is 0 Å². The van der Waals surface area contributed by atoms with Crippen molar-refractivity contribution in [3.8, 4) is 5.75 Å². The summed E-state index contributed by atoms with van der Waals surface area (Å²) in [5.74, 6) is -0.696. The van der Waals surface area contributed by atoms with Crippen molar-refractivity contribution in [2.75, 3.05) is 11.1 Å². The van der Waals surface area contributed by atoms with Gasteiger partial charge < -0.3 is 15.0 Å². The molecule has 0 aliphatic carbocycles. The first kappa shape index (κ1) is 16.9. The van der Waals surface area contributed by atoms with E-state index in [1.807, 2.05) is 6.92 Å². The third-order valence-electron chi connectivity index (χ3n) is 4.12. The number of halogens is 3. The fourth-order valence-corrected chi connectivity index (χ4v) is 4.45. The third kappa shape index (κ3) is 3.17. The topological polar surface area (TPSA) is 58.6 Å². The molecular formula is C15H15F3N2O3S. The van der Waals surface area contributed by atoms with E-state index in [9.17, 15) is 22.8 Å². The molecule has 0 aromatic heterocycles. The van der Waals surface area contributed by atoms with Crippen LogP contribution in [-0.2, 0) is 9.59 Å². The molecule has 2 heterocycles. The van der Waals surface area contributed by atoms with Gasteiger partial charge in [0, 0.05) is 12.2 Å². The van der Waals surface area contributed by atoms with Gasteiger partial charge in [-0.05, 0) is 25.5 Å². The van der Waals surface area contributed by atoms with Crippen LogP contribution >= 0.6 is 11.8 Å². The van der Waals surface area contributed by atoms with Crippen molar-refractivity contribution in [1.82, 2.24) is 4.90 Å². The molecule has 1 aromatic rings. The van der Waals surface area contributed by atoms with E-state index >= 15 is 0 Å². The second-order valence-corrected chi connectivity index (χ2v) is 7.30. The molecule has 2 unspecified atom stereocenters. The van der Waals surface area contributed by atoms with E-state index in [2.05, 4.69) is 10.1 Å². The lowest BCUT2D eigenvalue weighted by Gasteiger charge is -2.30. The van der Waals surface area contributed by atoms with Crippen LogP contribution in [0.3, 0.4) is 0 Å². The molecule has 130 valence electrons. The van der Waals surface area contributed by atoms with E-state index in [-0.39, 0.29) is 11.6 Å². The molecule has 24 heavy (non-hydrogen) atoms. The first-order chi connectivity index (χ1) is 11.2. The molecule has 2 atom stereocenters. The van der Waals surface area contributed by atoms with E-state index in [0.717, 1.165) is 6.07 Å². The number of hydrogen-bond donors (Lipinski definition) is 1. The number of fused-ring (bicyclic) bond motifs is 1. The highest BCUT2D eigenvalue weighted by atomic mass is 32.2. The summed E-state index contributed by atoms with van der Waals surface area (Å²) in [4.78, 5) is 25.7. The number of carbonyl (C=O) groups is 2. The quantitative estimate of drug-likeness (QED) is 0.900. The molecule has 2 amide bonds. The Morgan fingerprint density at radius 1 is 1.42 bits per heavy atom. The van der Waals surface area contributed by atoms with Crippen LogP contribution in [0.5, 0.6) is 5.75 Å². The normalized spacial score (nSPS) is 26.4. The molecule has 2 aliphatic heterocycles. The van der Waals surface area contributed by atoms with E-state index in [1.165, 1.54) is 30.0 Å². The number of amides is 2. The minimum absolute atomic E-state index is 0.0786. The number of nitrogens with zero attached hydrogens (tertiary/aromatic N) is 1. The van der Waals surface area contributed by atoms with Crippen molar-refractivity contribution in [3.63, 3.8) is 0 Å². The zero-order chi connectivity index (χ0) is 17.5. The average molecular weight is 360 g/mol. The largest absolute Gasteiger partial charge is 0.573 e. The SMILES string of the molecule is CC12CCC(=O)N1C(C(=O)Nc1ccccc1OC(F)(F)F)CS2. The monoisotopic (exact) mass is 360 g/mol. The number of rotatable bonds is 3. The Balaban J connectivity index is 1.78. The number of nitrogens with one attached hydrogen (secondary N) is 1. The Morgan fingerprint density at radius 2 is 2.12 bits per heavy atom. The molecule has 9 heteroatoms. The number of carbonyl (C=O) groups excluding carboxylic acids is 2. The van der Waals surface area contributed by atoms with Gasteiger partial charge in [-0.2, -0.15) is 0 Å². The van der Waals surface area contributed by atoms with Crippen LogP contribution < -0.4 is 10.1 Å². The Bertz CT molecular complexity index is 682. The molecule has 3 rings (SSSR count). The van der Waals surface area contributed by atoms with Crippen LogP contribution in [0.25, 0.3) is 0 Å². The third-order valence-corrected chi connectivity index (χ3v) is 5.62. The highest BCUT2D eigenvalue weighted by molar-refractivity contribution is 8.01. The number of ether oxygens (including phenoxy) is 1. The van der Waals surface area contributed by atoms with Gasteiger partial charge in [-0.3, -0.25) is 9.59 Å². The number of benzene rings is 1. The van der Waals surface area contributed by atoms with Gasteiger partial charge in [0.1, 0.15) is 6.04 Å². The molecular weight excluding hydrogens is 345 g/mol. The highest BCUT2D eigenvalue weighted by Gasteiger charge is 2.53. The zero-order valence-electron chi connectivity index (χ0n) is 12.7. The van der Waals surface area contributed by atoms with Gasteiger partial charge in [0.05, 0.1) is 10.6 Å². The molecule has 0 bridgehead atoms. The van der Waals surface area contributed by atoms with Crippen molar-refractivity contribution in [2.45, 2.75) is 37.0 Å². The lowest BCUT2D eigenvalue weighted by molar-refractivity contribution is -0.274. The van der Waals surface area contributed by atoms with Gasteiger partial charge >= 0.3 is 6.36 Å². The standard InChI is InChI=1S/C15H15F3N2O3S/c1-14-7-6-12(21)20(14)10(8-24-14)13(22)19-9-4-2-3-5-11(9)23-15(16,17)18/h2-5,10H,6-8H2,1H3,(H,19,22). The fraction of sp³-hybridized carbons (Fsp3) is 0.467. The predicted molar refractivity (Wildman–Crippen MR) is 82.5 cm³/mol. The summed E-state index contributed by atoms with van der Waals surface area (Å²) in [5.41, 5.74) is -0.0786. The van der Waals surface area contributed by atoms with Crippen LogP contribution in [0, 0.1) is 0 Å². The van der Waals surface area contributed by atoms with Gasteiger partial charge in [-0.15, -0.1) is 24.9 Å². The van der Waals surface area contributed by atoms with Crippen LogP contribution in [0.4, 0.5) is 18.9 Å². The summed E-state index contributed by atoms with van der Waals surface area (Å²) in [6.07, 6.45) is -3.82. The van der Waals surface area contributed by atoms with Crippen molar-refractivity contribution >= 4 is 29.3 Å².